The highest BCUT2D eigenvalue weighted by molar-refractivity contribution is 7.71. The zero-order valence-electron chi connectivity index (χ0n) is 42.5. The number of aromatic amines is 1. The zero-order chi connectivity index (χ0) is 55.2. The first kappa shape index (κ1) is 56.0. The fourth-order valence-corrected chi connectivity index (χ4v) is 8.98. The number of rotatable bonds is 27. The van der Waals surface area contributed by atoms with E-state index in [-0.39, 0.29) is 106 Å². The molecule has 0 fully saturated rings. The summed E-state index contributed by atoms with van der Waals surface area (Å²) in [6, 6.07) is 13.1. The molecule has 26 heteroatoms. The number of nitrogens with one attached hydrogen (secondary N) is 7. The Labute approximate surface area is 450 Å². The number of carbonyl (C=O) groups excluding carboxylic acids is 7. The number of aryl methyl sites for hydroxylation is 1. The Morgan fingerprint density at radius 2 is 1.58 bits per heavy atom. The molecule has 2 aromatic carbocycles. The van der Waals surface area contributed by atoms with Crippen LogP contribution in [-0.4, -0.2) is 145 Å². The molecule has 78 heavy (non-hydrogen) atoms. The number of carbonyl (C=O) groups is 7. The first-order valence-corrected chi connectivity index (χ1v) is 25.5. The number of pyridine rings is 2. The second-order valence-electron chi connectivity index (χ2n) is 18.2. The largest absolute Gasteiger partial charge is 0.458 e. The summed E-state index contributed by atoms with van der Waals surface area (Å²) in [7, 11) is 0. The van der Waals surface area contributed by atoms with E-state index in [0.29, 0.717) is 53.2 Å². The van der Waals surface area contributed by atoms with Gasteiger partial charge >= 0.3 is 5.97 Å². The highest BCUT2D eigenvalue weighted by Gasteiger charge is 2.45. The van der Waals surface area contributed by atoms with Gasteiger partial charge < -0.3 is 75.0 Å². The van der Waals surface area contributed by atoms with Gasteiger partial charge in [-0.1, -0.05) is 37.3 Å². The van der Waals surface area contributed by atoms with Crippen molar-refractivity contribution in [2.45, 2.75) is 63.8 Å². The van der Waals surface area contributed by atoms with Gasteiger partial charge in [-0.2, -0.15) is 0 Å². The Balaban J connectivity index is 0.737. The molecule has 0 saturated carbocycles. The monoisotopic (exact) mass is 1090 g/mol. The molecule has 0 radical (unpaired) electrons. The van der Waals surface area contributed by atoms with E-state index >= 15 is 0 Å². The van der Waals surface area contributed by atoms with Gasteiger partial charge in [0.2, 0.25) is 36.3 Å². The van der Waals surface area contributed by atoms with Gasteiger partial charge in [0.1, 0.15) is 26.0 Å². The van der Waals surface area contributed by atoms with Crippen molar-refractivity contribution in [1.29, 1.82) is 0 Å². The Hall–Kier alpha value is -8.17. The van der Waals surface area contributed by atoms with Gasteiger partial charge in [-0.25, -0.2) is 14.8 Å². The third-order valence-corrected chi connectivity index (χ3v) is 13.2. The van der Waals surface area contributed by atoms with Gasteiger partial charge in [-0.15, -0.1) is 0 Å². The molecule has 0 spiro atoms. The quantitative estimate of drug-likeness (QED) is 0.0148. The molecule has 2 atom stereocenters. The first-order valence-electron chi connectivity index (χ1n) is 25.1. The maximum Gasteiger partial charge on any atom is 0.343 e. The highest BCUT2D eigenvalue weighted by Crippen LogP contribution is 2.43. The normalized spacial score (nSPS) is 15.0. The smallest absolute Gasteiger partial charge is 0.343 e. The number of hydrogen-bond acceptors (Lipinski definition) is 18. The first-order chi connectivity index (χ1) is 37.7. The number of amides is 6. The van der Waals surface area contributed by atoms with Crippen molar-refractivity contribution < 1.29 is 67.1 Å². The van der Waals surface area contributed by atoms with Crippen LogP contribution in [0.4, 0.5) is 0 Å². The fraction of sp³-hybridized carbons (Fsp3) is 0.404. The molecule has 412 valence electrons. The van der Waals surface area contributed by atoms with Gasteiger partial charge in [0.25, 0.3) is 11.5 Å². The molecule has 5 aromatic rings. The van der Waals surface area contributed by atoms with Crippen molar-refractivity contribution >= 4 is 64.5 Å². The highest BCUT2D eigenvalue weighted by atomic mass is 32.1. The van der Waals surface area contributed by atoms with E-state index in [0.717, 1.165) is 22.1 Å². The van der Waals surface area contributed by atoms with Crippen molar-refractivity contribution in [2.24, 2.45) is 0 Å². The van der Waals surface area contributed by atoms with E-state index in [4.69, 9.17) is 45.6 Å². The minimum Gasteiger partial charge on any atom is -0.458 e. The molecule has 8 rings (SSSR count). The number of H-pyrrole nitrogens is 1. The number of aromatic nitrogens is 4. The molecule has 6 heterocycles. The topological polar surface area (TPSA) is 331 Å². The lowest BCUT2D eigenvalue weighted by Crippen LogP contribution is -2.52. The summed E-state index contributed by atoms with van der Waals surface area (Å²) in [6.45, 7) is 0.711. The number of nitrogens with zero attached hydrogens (tertiary/aromatic N) is 3. The molecule has 8 N–H and O–H groups in total. The van der Waals surface area contributed by atoms with E-state index in [1.165, 1.54) is 12.4 Å². The summed E-state index contributed by atoms with van der Waals surface area (Å²) in [5.41, 5.74) is 2.60. The predicted octanol–water partition coefficient (Wildman–Crippen LogP) is 0.213. The lowest BCUT2D eigenvalue weighted by atomic mass is 9.86. The van der Waals surface area contributed by atoms with Gasteiger partial charge in [0, 0.05) is 54.5 Å². The van der Waals surface area contributed by atoms with Gasteiger partial charge in [0.05, 0.1) is 74.0 Å². The maximum atomic E-state index is 13.9. The number of ether oxygens (including phenoxy) is 6. The van der Waals surface area contributed by atoms with E-state index in [2.05, 4.69) is 41.9 Å². The summed E-state index contributed by atoms with van der Waals surface area (Å²) in [4.78, 5) is 114. The van der Waals surface area contributed by atoms with Crippen molar-refractivity contribution in [3.05, 3.63) is 109 Å². The number of aliphatic hydroxyl groups is 1. The van der Waals surface area contributed by atoms with Crippen LogP contribution in [0.15, 0.2) is 65.7 Å². The summed E-state index contributed by atoms with van der Waals surface area (Å²) in [6.07, 6.45) is 4.68. The molecule has 6 amide bonds. The Kier molecular flexibility index (Phi) is 18.9. The molecule has 3 aliphatic rings. The molecule has 0 aliphatic carbocycles. The number of fused-ring (bicyclic) bond motifs is 6. The second kappa shape index (κ2) is 26.3. The van der Waals surface area contributed by atoms with Crippen LogP contribution >= 0.6 is 12.2 Å². The van der Waals surface area contributed by atoms with Crippen molar-refractivity contribution in [3.63, 3.8) is 0 Å². The number of cyclic esters (lactones) is 1. The summed E-state index contributed by atoms with van der Waals surface area (Å²) >= 11 is 4.85. The second-order valence-corrected chi connectivity index (χ2v) is 18.5. The van der Waals surface area contributed by atoms with E-state index in [1.807, 2.05) is 6.07 Å². The van der Waals surface area contributed by atoms with Gasteiger partial charge in [-0.3, -0.25) is 33.6 Å². The molecule has 25 nitrogen and oxygen atoms in total. The molecule has 0 unspecified atom stereocenters. The van der Waals surface area contributed by atoms with Crippen molar-refractivity contribution in [2.75, 3.05) is 72.7 Å². The minimum absolute atomic E-state index is 0.0182. The van der Waals surface area contributed by atoms with E-state index in [9.17, 15) is 43.5 Å². The average molecular weight is 1100 g/mol. The summed E-state index contributed by atoms with van der Waals surface area (Å²) in [5.74, 6) is -3.20. The molecule has 0 bridgehead atoms. The lowest BCUT2D eigenvalue weighted by molar-refractivity contribution is -0.172. The molecular formula is C52H58N10O15S. The van der Waals surface area contributed by atoms with Crippen LogP contribution in [0, 0.1) is 4.77 Å². The van der Waals surface area contributed by atoms with Crippen molar-refractivity contribution in [1.82, 2.24) is 51.4 Å². The zero-order valence-corrected chi connectivity index (χ0v) is 43.3. The number of esters is 1. The standard InChI is InChI=1S/C52H58N10O15S/c1-2-52(71)36-18-39-46-34(25-62(39)49(69)35(36)26-75-50(52)70)32(33-17-40-41(77-29-76-40)19-37(33)61-46)10-6-7-12-74-28-59-43(64)23-56-48(68)38(16-30-8-4-3-5-9-30)60-44(65)24-54-42(63)22-55-45(66)27-73-15-14-72-13-11-53-47(67)31-20-57-51(78)58-21-31/h3-5,8-9,17-21,38,71H,2,6-7,10-16,22-29H2,1H3,(H,53,67)(H,54,63)(H,55,66)(H,56,68)(H,59,64)(H,60,65)(H,57,58,78)/t38-,52-/m0/s1. The third kappa shape index (κ3) is 13.9. The van der Waals surface area contributed by atoms with E-state index < -0.39 is 66.8 Å². The Morgan fingerprint density at radius 3 is 2.36 bits per heavy atom. The van der Waals surface area contributed by atoms with Crippen LogP contribution in [0.2, 0.25) is 0 Å². The SMILES string of the molecule is CC[C@@]1(O)C(=O)OCc2c1cc1n(c2=O)Cc2c-1nc1cc3c(cc1c2CCCCOCNC(=O)CNC(=O)[C@H](Cc1ccccc1)NC(=O)CNC(=O)CNC(=O)COCCOCCNC(=O)c1cnc(=S)[nH]c1)OCO3. The van der Waals surface area contributed by atoms with E-state index in [1.54, 1.807) is 54.0 Å². The molecule has 3 aliphatic heterocycles. The van der Waals surface area contributed by atoms with Crippen LogP contribution in [-0.2, 0) is 79.3 Å². The predicted molar refractivity (Wildman–Crippen MR) is 277 cm³/mol. The van der Waals surface area contributed by atoms with Crippen LogP contribution in [0.5, 0.6) is 11.5 Å². The molecule has 0 saturated heterocycles. The van der Waals surface area contributed by atoms with Crippen molar-refractivity contribution in [3.8, 4) is 22.9 Å². The average Bonchev–Trinajstić information content (AvgIpc) is 4.20. The Morgan fingerprint density at radius 1 is 0.833 bits per heavy atom. The Bertz CT molecular complexity index is 3190. The van der Waals surface area contributed by atoms with Crippen LogP contribution < -0.4 is 46.9 Å². The minimum atomic E-state index is -1.97. The lowest BCUT2D eigenvalue weighted by Gasteiger charge is -2.31. The number of hydrogen-bond donors (Lipinski definition) is 8. The fourth-order valence-electron chi connectivity index (χ4n) is 8.87. The van der Waals surface area contributed by atoms with Gasteiger partial charge in [-0.05, 0) is 61.2 Å². The third-order valence-electron chi connectivity index (χ3n) is 13.0. The number of unbranched alkanes of at least 4 members (excludes halogenated alkanes) is 1. The van der Waals surface area contributed by atoms with Crippen LogP contribution in [0.3, 0.4) is 0 Å². The summed E-state index contributed by atoms with van der Waals surface area (Å²) in [5, 5.41) is 27.4. The van der Waals surface area contributed by atoms with Crippen LogP contribution in [0.25, 0.3) is 22.3 Å². The molecule has 3 aromatic heterocycles. The summed E-state index contributed by atoms with van der Waals surface area (Å²) < 4.78 is 34.8. The maximum absolute atomic E-state index is 13.9. The molecular weight excluding hydrogens is 1040 g/mol. The van der Waals surface area contributed by atoms with Crippen LogP contribution in [0.1, 0.15) is 64.4 Å². The van der Waals surface area contributed by atoms with Gasteiger partial charge in [0.15, 0.2) is 21.9 Å². The number of benzene rings is 2.